The minimum Gasteiger partial charge on any atom is -0.348 e. The van der Waals surface area contributed by atoms with Crippen molar-refractivity contribution < 1.29 is 17.6 Å². The van der Waals surface area contributed by atoms with E-state index in [4.69, 9.17) is 0 Å². The molecule has 0 fully saturated rings. The Labute approximate surface area is 160 Å². The van der Waals surface area contributed by atoms with E-state index < -0.39 is 27.8 Å². The summed E-state index contributed by atoms with van der Waals surface area (Å²) in [6.07, 6.45) is 0.954. The first-order valence-corrected chi connectivity index (χ1v) is 10.5. The van der Waals surface area contributed by atoms with E-state index in [-0.39, 0.29) is 11.7 Å². The number of carbonyl (C=O) groups is 1. The number of anilines is 1. The lowest BCUT2D eigenvalue weighted by atomic mass is 10.0. The topological polar surface area (TPSA) is 66.5 Å². The first-order valence-electron chi connectivity index (χ1n) is 8.64. The first kappa shape index (κ1) is 20.9. The molecule has 7 heteroatoms. The molecule has 1 N–H and O–H groups in total. The van der Waals surface area contributed by atoms with E-state index in [1.54, 1.807) is 0 Å². The summed E-state index contributed by atoms with van der Waals surface area (Å²) in [5.74, 6) is -1.21. The minimum atomic E-state index is -3.86. The average Bonchev–Trinajstić information content (AvgIpc) is 2.57. The predicted octanol–water partition coefficient (Wildman–Crippen LogP) is 3.47. The molecule has 0 radical (unpaired) electrons. The Hall–Kier alpha value is -2.41. The Bertz CT molecular complexity index is 944. The number of para-hydroxylation sites is 1. The number of amides is 1. The number of carbonyl (C=O) groups excluding carboxylic acids is 1. The number of benzene rings is 2. The second-order valence-corrected chi connectivity index (χ2v) is 8.62. The van der Waals surface area contributed by atoms with Gasteiger partial charge in [-0.25, -0.2) is 12.8 Å². The van der Waals surface area contributed by atoms with E-state index in [1.165, 1.54) is 25.1 Å². The number of rotatable bonds is 6. The SMILES string of the molecule is Cc1ccc([C@@H](C)NC(=O)[C@H](C)N(c2ccccc2F)S(C)(=O)=O)cc1C. The first-order chi connectivity index (χ1) is 12.5. The molecule has 27 heavy (non-hydrogen) atoms. The van der Waals surface area contributed by atoms with Gasteiger partial charge in [-0.05, 0) is 56.5 Å². The van der Waals surface area contributed by atoms with Crippen molar-refractivity contribution in [3.63, 3.8) is 0 Å². The van der Waals surface area contributed by atoms with E-state index >= 15 is 0 Å². The van der Waals surface area contributed by atoms with Gasteiger partial charge in [0.15, 0.2) is 0 Å². The lowest BCUT2D eigenvalue weighted by Crippen LogP contribution is -2.48. The van der Waals surface area contributed by atoms with Crippen molar-refractivity contribution in [1.29, 1.82) is 0 Å². The highest BCUT2D eigenvalue weighted by Gasteiger charge is 2.31. The monoisotopic (exact) mass is 392 g/mol. The molecule has 0 aliphatic carbocycles. The quantitative estimate of drug-likeness (QED) is 0.819. The molecule has 1 amide bonds. The molecular formula is C20H25FN2O3S. The van der Waals surface area contributed by atoms with Crippen LogP contribution in [0.4, 0.5) is 10.1 Å². The number of sulfonamides is 1. The van der Waals surface area contributed by atoms with E-state index in [1.807, 2.05) is 39.0 Å². The van der Waals surface area contributed by atoms with E-state index in [2.05, 4.69) is 5.32 Å². The molecule has 0 saturated heterocycles. The number of nitrogens with one attached hydrogen (secondary N) is 1. The van der Waals surface area contributed by atoms with Gasteiger partial charge in [-0.15, -0.1) is 0 Å². The van der Waals surface area contributed by atoms with Crippen molar-refractivity contribution in [1.82, 2.24) is 5.32 Å². The summed E-state index contributed by atoms with van der Waals surface area (Å²) in [4.78, 5) is 12.7. The second-order valence-electron chi connectivity index (χ2n) is 6.76. The largest absolute Gasteiger partial charge is 0.348 e. The molecule has 2 atom stereocenters. The van der Waals surface area contributed by atoms with Crippen LogP contribution in [0.2, 0.25) is 0 Å². The molecule has 0 aromatic heterocycles. The van der Waals surface area contributed by atoms with Gasteiger partial charge >= 0.3 is 0 Å². The standard InChI is InChI=1S/C20H25FN2O3S/c1-13-10-11-17(12-14(13)2)15(3)22-20(24)16(4)23(27(5,25)26)19-9-7-6-8-18(19)21/h6-12,15-16H,1-5H3,(H,22,24)/t15-,16+/m1/s1. The number of halogens is 1. The van der Waals surface area contributed by atoms with Crippen LogP contribution in [0.15, 0.2) is 42.5 Å². The van der Waals surface area contributed by atoms with Crippen molar-refractivity contribution in [2.45, 2.75) is 39.8 Å². The third-order valence-electron chi connectivity index (χ3n) is 4.57. The van der Waals surface area contributed by atoms with Gasteiger partial charge < -0.3 is 5.32 Å². The molecule has 2 aromatic rings. The number of hydrogen-bond donors (Lipinski definition) is 1. The highest BCUT2D eigenvalue weighted by Crippen LogP contribution is 2.24. The molecule has 0 aliphatic rings. The van der Waals surface area contributed by atoms with Gasteiger partial charge in [0, 0.05) is 0 Å². The van der Waals surface area contributed by atoms with Gasteiger partial charge in [0.2, 0.25) is 15.9 Å². The van der Waals surface area contributed by atoms with Gasteiger partial charge in [-0.3, -0.25) is 9.10 Å². The van der Waals surface area contributed by atoms with Crippen LogP contribution in [0.1, 0.15) is 36.6 Å². The third kappa shape index (κ3) is 4.86. The summed E-state index contributed by atoms with van der Waals surface area (Å²) in [6.45, 7) is 7.25. The highest BCUT2D eigenvalue weighted by atomic mass is 32.2. The van der Waals surface area contributed by atoms with Crippen molar-refractivity contribution >= 4 is 21.6 Å². The zero-order chi connectivity index (χ0) is 20.4. The zero-order valence-electron chi connectivity index (χ0n) is 16.2. The van der Waals surface area contributed by atoms with Crippen molar-refractivity contribution in [3.8, 4) is 0 Å². The van der Waals surface area contributed by atoms with Gasteiger partial charge in [-0.1, -0.05) is 30.3 Å². The van der Waals surface area contributed by atoms with Crippen LogP contribution >= 0.6 is 0 Å². The molecule has 0 bridgehead atoms. The molecule has 0 spiro atoms. The van der Waals surface area contributed by atoms with Crippen LogP contribution in [0.3, 0.4) is 0 Å². The smallest absolute Gasteiger partial charge is 0.244 e. The van der Waals surface area contributed by atoms with Crippen molar-refractivity contribution in [2.24, 2.45) is 0 Å². The summed E-state index contributed by atoms with van der Waals surface area (Å²) < 4.78 is 39.5. The van der Waals surface area contributed by atoms with Gasteiger partial charge in [0.25, 0.3) is 0 Å². The summed E-state index contributed by atoms with van der Waals surface area (Å²) in [6, 6.07) is 9.94. The molecule has 0 heterocycles. The second kappa shape index (κ2) is 8.08. The van der Waals surface area contributed by atoms with Crippen LogP contribution < -0.4 is 9.62 Å². The maximum absolute atomic E-state index is 14.2. The fourth-order valence-electron chi connectivity index (χ4n) is 2.86. The zero-order valence-corrected chi connectivity index (χ0v) is 17.0. The molecule has 0 unspecified atom stereocenters. The van der Waals surface area contributed by atoms with E-state index in [9.17, 15) is 17.6 Å². The van der Waals surface area contributed by atoms with Crippen molar-refractivity contribution in [2.75, 3.05) is 10.6 Å². The van der Waals surface area contributed by atoms with Gasteiger partial charge in [0.05, 0.1) is 18.0 Å². The Morgan fingerprint density at radius 2 is 1.70 bits per heavy atom. The third-order valence-corrected chi connectivity index (χ3v) is 5.80. The predicted molar refractivity (Wildman–Crippen MR) is 106 cm³/mol. The lowest BCUT2D eigenvalue weighted by Gasteiger charge is -2.29. The van der Waals surface area contributed by atoms with Crippen molar-refractivity contribution in [3.05, 3.63) is 65.0 Å². The lowest BCUT2D eigenvalue weighted by molar-refractivity contribution is -0.122. The fraction of sp³-hybridized carbons (Fsp3) is 0.350. The van der Waals surface area contributed by atoms with E-state index in [0.717, 1.165) is 33.3 Å². The Balaban J connectivity index is 2.27. The molecule has 2 rings (SSSR count). The van der Waals surface area contributed by atoms with Crippen LogP contribution in [0, 0.1) is 19.7 Å². The minimum absolute atomic E-state index is 0.151. The van der Waals surface area contributed by atoms with Gasteiger partial charge in [-0.2, -0.15) is 0 Å². The summed E-state index contributed by atoms with van der Waals surface area (Å²) in [5.41, 5.74) is 3.01. The molecular weight excluding hydrogens is 367 g/mol. The summed E-state index contributed by atoms with van der Waals surface area (Å²) >= 11 is 0. The molecule has 2 aromatic carbocycles. The molecule has 146 valence electrons. The average molecular weight is 392 g/mol. The Morgan fingerprint density at radius 1 is 1.07 bits per heavy atom. The summed E-state index contributed by atoms with van der Waals surface area (Å²) in [7, 11) is -3.86. The van der Waals surface area contributed by atoms with Gasteiger partial charge in [0.1, 0.15) is 11.9 Å². The van der Waals surface area contributed by atoms with Crippen LogP contribution in [-0.2, 0) is 14.8 Å². The Morgan fingerprint density at radius 3 is 2.26 bits per heavy atom. The Kier molecular flexibility index (Phi) is 6.26. The number of nitrogens with zero attached hydrogens (tertiary/aromatic N) is 1. The van der Waals surface area contributed by atoms with E-state index in [0.29, 0.717) is 0 Å². The number of aryl methyl sites for hydroxylation is 2. The molecule has 5 nitrogen and oxygen atoms in total. The van der Waals surface area contributed by atoms with Crippen LogP contribution in [-0.4, -0.2) is 26.6 Å². The molecule has 0 saturated carbocycles. The maximum Gasteiger partial charge on any atom is 0.244 e. The number of hydrogen-bond acceptors (Lipinski definition) is 3. The molecule has 0 aliphatic heterocycles. The normalized spacial score (nSPS) is 13.7. The fourth-order valence-corrected chi connectivity index (χ4v) is 4.04. The summed E-state index contributed by atoms with van der Waals surface area (Å²) in [5, 5.41) is 2.82. The maximum atomic E-state index is 14.2. The van der Waals surface area contributed by atoms with Crippen LogP contribution in [0.25, 0.3) is 0 Å². The van der Waals surface area contributed by atoms with Crippen LogP contribution in [0.5, 0.6) is 0 Å². The highest BCUT2D eigenvalue weighted by molar-refractivity contribution is 7.92.